The summed E-state index contributed by atoms with van der Waals surface area (Å²) in [6, 6.07) is 6.24. The Morgan fingerprint density at radius 2 is 2.05 bits per heavy atom. The van der Waals surface area contributed by atoms with Gasteiger partial charge < -0.3 is 10.8 Å². The molecule has 1 aromatic rings. The maximum atomic E-state index is 12.3. The number of aryl methyl sites for hydroxylation is 1. The molecule has 1 fully saturated rings. The molecule has 0 bridgehead atoms. The third kappa shape index (κ3) is 3.48. The average molecular weight is 322 g/mol. The number of carbonyl (C=O) groups is 3. The van der Waals surface area contributed by atoms with Crippen molar-refractivity contribution in [1.29, 1.82) is 0 Å². The van der Waals surface area contributed by atoms with Crippen molar-refractivity contribution < 1.29 is 19.5 Å². The van der Waals surface area contributed by atoms with Gasteiger partial charge in [-0.25, -0.2) is 4.90 Å². The molecule has 0 aromatic heterocycles. The molecule has 118 valence electrons. The second-order valence-electron chi connectivity index (χ2n) is 5.06. The summed E-state index contributed by atoms with van der Waals surface area (Å²) in [5, 5.41) is 8.19. The molecule has 0 saturated carbocycles. The van der Waals surface area contributed by atoms with Gasteiger partial charge in [0.15, 0.2) is 0 Å². The topological polar surface area (TPSA) is 101 Å². The highest BCUT2D eigenvalue weighted by atomic mass is 32.2. The molecule has 2 atom stereocenters. The predicted octanol–water partition coefficient (Wildman–Crippen LogP) is 1.03. The van der Waals surface area contributed by atoms with Crippen molar-refractivity contribution in [2.45, 2.75) is 31.1 Å². The van der Waals surface area contributed by atoms with E-state index in [0.717, 1.165) is 23.7 Å². The summed E-state index contributed by atoms with van der Waals surface area (Å²) in [6.07, 6.45) is 0.957. The van der Waals surface area contributed by atoms with E-state index < -0.39 is 17.3 Å². The van der Waals surface area contributed by atoms with Gasteiger partial charge in [-0.15, -0.1) is 11.8 Å². The molecule has 2 unspecified atom stereocenters. The number of benzene rings is 1. The Bertz CT molecular complexity index is 588. The number of amides is 2. The zero-order valence-electron chi connectivity index (χ0n) is 12.2. The fourth-order valence-corrected chi connectivity index (χ4v) is 3.27. The van der Waals surface area contributed by atoms with Gasteiger partial charge in [0.2, 0.25) is 11.8 Å². The summed E-state index contributed by atoms with van der Waals surface area (Å²) < 4.78 is 0. The summed E-state index contributed by atoms with van der Waals surface area (Å²) in [7, 11) is 0. The lowest BCUT2D eigenvalue weighted by atomic mass is 10.1. The number of aliphatic carboxylic acids is 1. The first-order valence-corrected chi connectivity index (χ1v) is 8.04. The molecule has 0 spiro atoms. The van der Waals surface area contributed by atoms with E-state index in [4.69, 9.17) is 10.8 Å². The minimum atomic E-state index is -1.11. The van der Waals surface area contributed by atoms with Crippen molar-refractivity contribution in [3.05, 3.63) is 29.8 Å². The standard InChI is InChI=1S/C15H18N2O4S/c1-2-9-3-5-10(6-4-9)17-13(18)7-12(14(17)19)22-8-11(16)15(20)21/h3-6,11-12H,2,7-8,16H2,1H3,(H,20,21). The molecule has 1 aliphatic heterocycles. The highest BCUT2D eigenvalue weighted by Crippen LogP contribution is 2.30. The largest absolute Gasteiger partial charge is 0.480 e. The maximum absolute atomic E-state index is 12.3. The molecule has 7 heteroatoms. The molecule has 0 radical (unpaired) electrons. The Balaban J connectivity index is 2.06. The normalized spacial score (nSPS) is 19.5. The van der Waals surface area contributed by atoms with Gasteiger partial charge in [-0.2, -0.15) is 0 Å². The monoisotopic (exact) mass is 322 g/mol. The first-order valence-electron chi connectivity index (χ1n) is 6.99. The maximum Gasteiger partial charge on any atom is 0.321 e. The number of nitrogens with two attached hydrogens (primary N) is 1. The Morgan fingerprint density at radius 1 is 1.41 bits per heavy atom. The SMILES string of the molecule is CCc1ccc(N2C(=O)CC(SCC(N)C(=O)O)C2=O)cc1. The molecule has 2 rings (SSSR count). The lowest BCUT2D eigenvalue weighted by Crippen LogP contribution is -2.35. The van der Waals surface area contributed by atoms with E-state index in [2.05, 4.69) is 0 Å². The number of carboxylic acid groups (broad SMARTS) is 1. The first-order chi connectivity index (χ1) is 10.4. The van der Waals surface area contributed by atoms with E-state index in [0.29, 0.717) is 5.69 Å². The van der Waals surface area contributed by atoms with Crippen LogP contribution in [0.15, 0.2) is 24.3 Å². The van der Waals surface area contributed by atoms with Crippen LogP contribution in [0.5, 0.6) is 0 Å². The van der Waals surface area contributed by atoms with Gasteiger partial charge in [0.25, 0.3) is 0 Å². The van der Waals surface area contributed by atoms with Gasteiger partial charge in [-0.3, -0.25) is 14.4 Å². The number of rotatable bonds is 6. The van der Waals surface area contributed by atoms with Crippen LogP contribution < -0.4 is 10.6 Å². The third-order valence-corrected chi connectivity index (χ3v) is 4.82. The average Bonchev–Trinajstić information content (AvgIpc) is 2.79. The molecular weight excluding hydrogens is 304 g/mol. The van der Waals surface area contributed by atoms with Crippen LogP contribution in [0.1, 0.15) is 18.9 Å². The van der Waals surface area contributed by atoms with Crippen LogP contribution in [0, 0.1) is 0 Å². The highest BCUT2D eigenvalue weighted by Gasteiger charge is 2.40. The summed E-state index contributed by atoms with van der Waals surface area (Å²) >= 11 is 1.12. The number of anilines is 1. The fourth-order valence-electron chi connectivity index (χ4n) is 2.18. The van der Waals surface area contributed by atoms with E-state index in [9.17, 15) is 14.4 Å². The molecule has 22 heavy (non-hydrogen) atoms. The van der Waals surface area contributed by atoms with Crippen LogP contribution in [0.3, 0.4) is 0 Å². The van der Waals surface area contributed by atoms with Gasteiger partial charge in [-0.05, 0) is 24.1 Å². The van der Waals surface area contributed by atoms with Crippen molar-refractivity contribution in [2.75, 3.05) is 10.7 Å². The summed E-state index contributed by atoms with van der Waals surface area (Å²) in [5.74, 6) is -1.59. The molecule has 6 nitrogen and oxygen atoms in total. The van der Waals surface area contributed by atoms with E-state index >= 15 is 0 Å². The molecule has 3 N–H and O–H groups in total. The number of carbonyl (C=O) groups excluding carboxylic acids is 2. The third-order valence-electron chi connectivity index (χ3n) is 3.50. The van der Waals surface area contributed by atoms with Crippen LogP contribution >= 0.6 is 11.8 Å². The number of thioether (sulfide) groups is 1. The van der Waals surface area contributed by atoms with E-state index in [-0.39, 0.29) is 24.0 Å². The minimum absolute atomic E-state index is 0.0748. The fraction of sp³-hybridized carbons (Fsp3) is 0.400. The summed E-state index contributed by atoms with van der Waals surface area (Å²) in [6.45, 7) is 2.03. The Morgan fingerprint density at radius 3 is 2.59 bits per heavy atom. The number of hydrogen-bond donors (Lipinski definition) is 2. The van der Waals surface area contributed by atoms with Crippen LogP contribution in [-0.2, 0) is 20.8 Å². The van der Waals surface area contributed by atoms with Crippen molar-refractivity contribution >= 4 is 35.2 Å². The Hall–Kier alpha value is -1.86. The van der Waals surface area contributed by atoms with E-state index in [1.807, 2.05) is 19.1 Å². The summed E-state index contributed by atoms with van der Waals surface area (Å²) in [4.78, 5) is 36.3. The van der Waals surface area contributed by atoms with Crippen molar-refractivity contribution in [3.8, 4) is 0 Å². The lowest BCUT2D eigenvalue weighted by molar-refractivity contribution is -0.138. The number of nitrogens with zero attached hydrogens (tertiary/aromatic N) is 1. The van der Waals surface area contributed by atoms with Gasteiger partial charge >= 0.3 is 5.97 Å². The molecule has 1 heterocycles. The molecular formula is C15H18N2O4S. The van der Waals surface area contributed by atoms with Crippen LogP contribution in [0.4, 0.5) is 5.69 Å². The zero-order chi connectivity index (χ0) is 16.3. The van der Waals surface area contributed by atoms with Gasteiger partial charge in [0, 0.05) is 12.2 Å². The Kier molecular flexibility index (Phi) is 5.20. The molecule has 2 amide bonds. The second-order valence-corrected chi connectivity index (χ2v) is 6.29. The van der Waals surface area contributed by atoms with Crippen LogP contribution in [0.2, 0.25) is 0 Å². The number of hydrogen-bond acceptors (Lipinski definition) is 5. The molecule has 1 aliphatic rings. The van der Waals surface area contributed by atoms with Gasteiger partial charge in [0.1, 0.15) is 6.04 Å². The molecule has 1 aromatic carbocycles. The van der Waals surface area contributed by atoms with Crippen LogP contribution in [-0.4, -0.2) is 39.9 Å². The number of imide groups is 1. The van der Waals surface area contributed by atoms with E-state index in [1.54, 1.807) is 12.1 Å². The van der Waals surface area contributed by atoms with Crippen molar-refractivity contribution in [3.63, 3.8) is 0 Å². The van der Waals surface area contributed by atoms with E-state index in [1.165, 1.54) is 4.90 Å². The van der Waals surface area contributed by atoms with Crippen LogP contribution in [0.25, 0.3) is 0 Å². The molecule has 0 aliphatic carbocycles. The summed E-state index contributed by atoms with van der Waals surface area (Å²) in [5.41, 5.74) is 7.10. The lowest BCUT2D eigenvalue weighted by Gasteiger charge is -2.15. The second kappa shape index (κ2) is 6.93. The smallest absolute Gasteiger partial charge is 0.321 e. The predicted molar refractivity (Wildman–Crippen MR) is 84.8 cm³/mol. The quantitative estimate of drug-likeness (QED) is 0.759. The zero-order valence-corrected chi connectivity index (χ0v) is 13.0. The van der Waals surface area contributed by atoms with Crippen molar-refractivity contribution in [1.82, 2.24) is 0 Å². The van der Waals surface area contributed by atoms with Gasteiger partial charge in [-0.1, -0.05) is 19.1 Å². The minimum Gasteiger partial charge on any atom is -0.480 e. The van der Waals surface area contributed by atoms with Crippen molar-refractivity contribution in [2.24, 2.45) is 5.73 Å². The highest BCUT2D eigenvalue weighted by molar-refractivity contribution is 8.00. The van der Waals surface area contributed by atoms with Gasteiger partial charge in [0.05, 0.1) is 10.9 Å². The first kappa shape index (κ1) is 16.5. The number of carboxylic acids is 1. The Labute approximate surface area is 132 Å². The molecule has 1 saturated heterocycles.